The number of amides is 1. The van der Waals surface area contributed by atoms with Crippen LogP contribution in [0.3, 0.4) is 0 Å². The summed E-state index contributed by atoms with van der Waals surface area (Å²) in [7, 11) is 0. The Morgan fingerprint density at radius 1 is 1.05 bits per heavy atom. The van der Waals surface area contributed by atoms with Crippen molar-refractivity contribution in [2.75, 3.05) is 6.61 Å². The molecule has 1 amide bonds. The molecule has 0 bridgehead atoms. The maximum atomic E-state index is 12.8. The predicted molar refractivity (Wildman–Crippen MR) is 150 cm³/mol. The number of aliphatic hydroxyl groups excluding tert-OH is 1. The largest absolute Gasteiger partial charge is 0.506 e. The third-order valence-electron chi connectivity index (χ3n) is 5.37. The molecule has 0 aromatic heterocycles. The zero-order chi connectivity index (χ0) is 26.4. The van der Waals surface area contributed by atoms with Crippen molar-refractivity contribution in [3.63, 3.8) is 0 Å². The van der Waals surface area contributed by atoms with E-state index in [9.17, 15) is 14.7 Å². The van der Waals surface area contributed by atoms with Crippen LogP contribution in [0.15, 0.2) is 98.5 Å². The fraction of sp³-hybridized carbons (Fsp3) is 0.138. The molecule has 1 aliphatic rings. The molecule has 188 valence electrons. The van der Waals surface area contributed by atoms with E-state index < -0.39 is 11.9 Å². The van der Waals surface area contributed by atoms with Crippen LogP contribution in [0.25, 0.3) is 6.08 Å². The standard InChI is InChI=1S/C29H24BrNO5S/c1-3-35-29(34)25-26(32)24(37-28(25)31-27(33)20-11-9-18(2)10-12-20)16-21-15-22(30)13-14-23(21)36-17-19-7-5-4-6-8-19/h4-16,32H,3,17H2,1-2H3/b24-16-,31-28?. The number of nitrogens with zero attached hydrogens (tertiary/aromatic N) is 1. The molecule has 0 fully saturated rings. The van der Waals surface area contributed by atoms with Gasteiger partial charge in [-0.2, -0.15) is 0 Å². The third kappa shape index (κ3) is 6.58. The molecule has 1 N–H and O–H groups in total. The topological polar surface area (TPSA) is 85.2 Å². The number of carbonyl (C=O) groups is 2. The third-order valence-corrected chi connectivity index (χ3v) is 6.88. The van der Waals surface area contributed by atoms with Gasteiger partial charge in [-0.3, -0.25) is 4.79 Å². The lowest BCUT2D eigenvalue weighted by molar-refractivity contribution is -0.138. The summed E-state index contributed by atoms with van der Waals surface area (Å²) in [6, 6.07) is 22.2. The Balaban J connectivity index is 1.69. The fourth-order valence-electron chi connectivity index (χ4n) is 3.48. The van der Waals surface area contributed by atoms with Gasteiger partial charge in [0.25, 0.3) is 5.91 Å². The smallest absolute Gasteiger partial charge is 0.344 e. The SMILES string of the molecule is CCOC(=O)C1=C(O)/C(=C/c2cc(Br)ccc2OCc2ccccc2)SC1=NC(=O)c1ccc(C)cc1. The lowest BCUT2D eigenvalue weighted by atomic mass is 10.1. The highest BCUT2D eigenvalue weighted by atomic mass is 79.9. The number of thioether (sulfide) groups is 1. The molecule has 1 heterocycles. The number of ether oxygens (including phenoxy) is 2. The highest BCUT2D eigenvalue weighted by Gasteiger charge is 2.34. The quantitative estimate of drug-likeness (QED) is 0.303. The number of aliphatic hydroxyl groups is 1. The minimum atomic E-state index is -0.749. The summed E-state index contributed by atoms with van der Waals surface area (Å²) < 4.78 is 12.0. The Morgan fingerprint density at radius 2 is 1.78 bits per heavy atom. The number of esters is 1. The van der Waals surface area contributed by atoms with Crippen molar-refractivity contribution >= 4 is 50.7 Å². The van der Waals surface area contributed by atoms with Gasteiger partial charge in [-0.1, -0.05) is 75.7 Å². The predicted octanol–water partition coefficient (Wildman–Crippen LogP) is 7.04. The lowest BCUT2D eigenvalue weighted by Crippen LogP contribution is -2.14. The Bertz CT molecular complexity index is 1410. The van der Waals surface area contributed by atoms with Crippen molar-refractivity contribution in [3.8, 4) is 5.75 Å². The first-order chi connectivity index (χ1) is 17.9. The highest BCUT2D eigenvalue weighted by molar-refractivity contribution is 9.10. The minimum absolute atomic E-state index is 0.0783. The van der Waals surface area contributed by atoms with Crippen LogP contribution in [0.1, 0.15) is 34.0 Å². The number of rotatable bonds is 7. The normalized spacial score (nSPS) is 15.3. The maximum Gasteiger partial charge on any atom is 0.344 e. The summed E-state index contributed by atoms with van der Waals surface area (Å²) in [5, 5.41) is 11.1. The van der Waals surface area contributed by atoms with E-state index in [2.05, 4.69) is 20.9 Å². The van der Waals surface area contributed by atoms with Crippen molar-refractivity contribution < 1.29 is 24.2 Å². The van der Waals surface area contributed by atoms with Crippen LogP contribution < -0.4 is 4.74 Å². The average Bonchev–Trinajstić information content (AvgIpc) is 3.18. The number of carbonyl (C=O) groups excluding carboxylic acids is 2. The van der Waals surface area contributed by atoms with Gasteiger partial charge in [0.2, 0.25) is 0 Å². The van der Waals surface area contributed by atoms with E-state index in [1.807, 2.05) is 67.6 Å². The molecule has 1 aliphatic heterocycles. The Morgan fingerprint density at radius 3 is 2.49 bits per heavy atom. The molecule has 0 saturated carbocycles. The number of aryl methyl sites for hydroxylation is 1. The first-order valence-corrected chi connectivity index (χ1v) is 13.1. The Labute approximate surface area is 227 Å². The van der Waals surface area contributed by atoms with Gasteiger partial charge in [-0.05, 0) is 55.8 Å². The molecular formula is C29H24BrNO5S. The highest BCUT2D eigenvalue weighted by Crippen LogP contribution is 2.40. The van der Waals surface area contributed by atoms with E-state index in [-0.39, 0.29) is 23.0 Å². The van der Waals surface area contributed by atoms with E-state index in [0.29, 0.717) is 28.4 Å². The van der Waals surface area contributed by atoms with Gasteiger partial charge in [0, 0.05) is 15.6 Å². The van der Waals surface area contributed by atoms with Crippen LogP contribution in [0, 0.1) is 6.92 Å². The summed E-state index contributed by atoms with van der Waals surface area (Å²) in [5.41, 5.74) is 2.93. The van der Waals surface area contributed by atoms with E-state index >= 15 is 0 Å². The maximum absolute atomic E-state index is 12.8. The summed E-state index contributed by atoms with van der Waals surface area (Å²) >= 11 is 4.50. The lowest BCUT2D eigenvalue weighted by Gasteiger charge is -2.11. The van der Waals surface area contributed by atoms with Crippen LogP contribution in [0.5, 0.6) is 5.75 Å². The van der Waals surface area contributed by atoms with Gasteiger partial charge in [-0.25, -0.2) is 9.79 Å². The van der Waals surface area contributed by atoms with Crippen LogP contribution in [0.2, 0.25) is 0 Å². The van der Waals surface area contributed by atoms with E-state index in [0.717, 1.165) is 27.4 Å². The molecule has 3 aromatic rings. The van der Waals surface area contributed by atoms with Crippen LogP contribution in [-0.2, 0) is 16.1 Å². The molecule has 0 spiro atoms. The zero-order valence-corrected chi connectivity index (χ0v) is 22.6. The van der Waals surface area contributed by atoms with E-state index in [1.54, 1.807) is 25.1 Å². The average molecular weight is 578 g/mol. The molecule has 0 radical (unpaired) electrons. The number of hydrogen-bond donors (Lipinski definition) is 1. The van der Waals surface area contributed by atoms with Crippen molar-refractivity contribution in [2.45, 2.75) is 20.5 Å². The summed E-state index contributed by atoms with van der Waals surface area (Å²) in [4.78, 5) is 30.0. The van der Waals surface area contributed by atoms with E-state index in [4.69, 9.17) is 9.47 Å². The van der Waals surface area contributed by atoms with Crippen LogP contribution >= 0.6 is 27.7 Å². The van der Waals surface area contributed by atoms with Crippen molar-refractivity contribution in [3.05, 3.63) is 116 Å². The molecule has 0 saturated heterocycles. The monoisotopic (exact) mass is 577 g/mol. The zero-order valence-electron chi connectivity index (χ0n) is 20.2. The minimum Gasteiger partial charge on any atom is -0.506 e. The number of benzene rings is 3. The van der Waals surface area contributed by atoms with Crippen molar-refractivity contribution in [2.24, 2.45) is 4.99 Å². The number of aliphatic imine (C=N–C) groups is 1. The number of hydrogen-bond acceptors (Lipinski definition) is 6. The first kappa shape index (κ1) is 26.4. The van der Waals surface area contributed by atoms with Crippen LogP contribution in [-0.4, -0.2) is 28.6 Å². The molecule has 4 rings (SSSR count). The van der Waals surface area contributed by atoms with Gasteiger partial charge < -0.3 is 14.6 Å². The molecule has 37 heavy (non-hydrogen) atoms. The van der Waals surface area contributed by atoms with Crippen molar-refractivity contribution in [1.29, 1.82) is 0 Å². The van der Waals surface area contributed by atoms with E-state index in [1.165, 1.54) is 0 Å². The fourth-order valence-corrected chi connectivity index (χ4v) is 4.87. The number of halogens is 1. The summed E-state index contributed by atoms with van der Waals surface area (Å²) in [5.74, 6) is -0.978. The summed E-state index contributed by atoms with van der Waals surface area (Å²) in [6.45, 7) is 4.06. The van der Waals surface area contributed by atoms with Gasteiger partial charge in [0.05, 0.1) is 11.5 Å². The molecule has 0 atom stereocenters. The second-order valence-corrected chi connectivity index (χ2v) is 10.0. The second kappa shape index (κ2) is 12.1. The first-order valence-electron chi connectivity index (χ1n) is 11.5. The van der Waals surface area contributed by atoms with Gasteiger partial charge >= 0.3 is 5.97 Å². The molecule has 0 unspecified atom stereocenters. The summed E-state index contributed by atoms with van der Waals surface area (Å²) in [6.07, 6.45) is 1.70. The second-order valence-electron chi connectivity index (χ2n) is 8.10. The molecule has 8 heteroatoms. The van der Waals surface area contributed by atoms with Gasteiger partial charge in [-0.15, -0.1) is 0 Å². The Hall–Kier alpha value is -3.62. The molecular weight excluding hydrogens is 554 g/mol. The van der Waals surface area contributed by atoms with Gasteiger partial charge in [0.15, 0.2) is 0 Å². The molecule has 6 nitrogen and oxygen atoms in total. The van der Waals surface area contributed by atoms with Crippen LogP contribution in [0.4, 0.5) is 0 Å². The van der Waals surface area contributed by atoms with Gasteiger partial charge in [0.1, 0.15) is 28.7 Å². The molecule has 0 aliphatic carbocycles. The molecule has 3 aromatic carbocycles. The van der Waals surface area contributed by atoms with Crippen molar-refractivity contribution in [1.82, 2.24) is 0 Å². The Kier molecular flexibility index (Phi) is 8.63.